The first-order valence-corrected chi connectivity index (χ1v) is 7.14. The Morgan fingerprint density at radius 1 is 1.12 bits per heavy atom. The van der Waals surface area contributed by atoms with Crippen LogP contribution in [0, 0.1) is 5.41 Å². The fourth-order valence-electron chi connectivity index (χ4n) is 3.63. The molecule has 0 aliphatic heterocycles. The van der Waals surface area contributed by atoms with Gasteiger partial charge >= 0.3 is 0 Å². The minimum Gasteiger partial charge on any atom is -0.374 e. The van der Waals surface area contributed by atoms with Crippen LogP contribution in [0.25, 0.3) is 0 Å². The van der Waals surface area contributed by atoms with E-state index >= 15 is 0 Å². The normalized spacial score (nSPS) is 34.7. The van der Waals surface area contributed by atoms with E-state index in [2.05, 4.69) is 13.8 Å². The van der Waals surface area contributed by atoms with Crippen LogP contribution in [-0.2, 0) is 4.74 Å². The average molecular weight is 225 g/mol. The van der Waals surface area contributed by atoms with Crippen molar-refractivity contribution in [2.75, 3.05) is 0 Å². The lowest BCUT2D eigenvalue weighted by atomic mass is 9.59. The molecule has 0 saturated heterocycles. The van der Waals surface area contributed by atoms with Gasteiger partial charge in [0.25, 0.3) is 0 Å². The van der Waals surface area contributed by atoms with Crippen molar-refractivity contribution in [3.05, 3.63) is 0 Å². The van der Waals surface area contributed by atoms with E-state index < -0.39 is 0 Å². The highest BCUT2D eigenvalue weighted by Crippen LogP contribution is 2.48. The summed E-state index contributed by atoms with van der Waals surface area (Å²) in [7, 11) is 0. The molecule has 2 atom stereocenters. The van der Waals surface area contributed by atoms with Crippen LogP contribution in [0.5, 0.6) is 0 Å². The van der Waals surface area contributed by atoms with E-state index in [9.17, 15) is 0 Å². The molecule has 2 saturated carbocycles. The van der Waals surface area contributed by atoms with E-state index in [0.29, 0.717) is 18.2 Å². The molecule has 2 aliphatic rings. The minimum absolute atomic E-state index is 0.289. The first-order chi connectivity index (χ1) is 7.73. The SMILES string of the molecule is CCC1(CC)C(N)CC1OC1CCCCC1. The van der Waals surface area contributed by atoms with Crippen molar-refractivity contribution in [3.8, 4) is 0 Å². The highest BCUT2D eigenvalue weighted by atomic mass is 16.5. The van der Waals surface area contributed by atoms with E-state index in [1.807, 2.05) is 0 Å². The molecule has 0 aromatic heterocycles. The van der Waals surface area contributed by atoms with Crippen LogP contribution in [0.3, 0.4) is 0 Å². The molecule has 0 spiro atoms. The lowest BCUT2D eigenvalue weighted by molar-refractivity contribution is -0.164. The fraction of sp³-hybridized carbons (Fsp3) is 1.00. The summed E-state index contributed by atoms with van der Waals surface area (Å²) in [5.41, 5.74) is 6.48. The Labute approximate surface area is 99.9 Å². The van der Waals surface area contributed by atoms with Crippen LogP contribution in [0.4, 0.5) is 0 Å². The van der Waals surface area contributed by atoms with Gasteiger partial charge in [-0.05, 0) is 32.1 Å². The van der Waals surface area contributed by atoms with Gasteiger partial charge in [-0.1, -0.05) is 33.1 Å². The maximum atomic E-state index is 6.32. The topological polar surface area (TPSA) is 35.2 Å². The molecule has 0 aromatic carbocycles. The molecule has 2 unspecified atom stereocenters. The zero-order valence-corrected chi connectivity index (χ0v) is 10.9. The highest BCUT2D eigenvalue weighted by Gasteiger charge is 2.52. The average Bonchev–Trinajstić information content (AvgIpc) is 2.32. The second kappa shape index (κ2) is 5.05. The molecule has 2 heteroatoms. The first kappa shape index (κ1) is 12.4. The highest BCUT2D eigenvalue weighted by molar-refractivity contribution is 5.05. The van der Waals surface area contributed by atoms with Crippen molar-refractivity contribution in [2.45, 2.75) is 83.5 Å². The molecule has 0 heterocycles. The van der Waals surface area contributed by atoms with Crippen LogP contribution in [0.15, 0.2) is 0 Å². The lowest BCUT2D eigenvalue weighted by Gasteiger charge is -2.55. The van der Waals surface area contributed by atoms with Crippen molar-refractivity contribution in [1.29, 1.82) is 0 Å². The van der Waals surface area contributed by atoms with E-state index in [0.717, 1.165) is 6.42 Å². The largest absolute Gasteiger partial charge is 0.374 e. The van der Waals surface area contributed by atoms with Crippen molar-refractivity contribution >= 4 is 0 Å². The summed E-state index contributed by atoms with van der Waals surface area (Å²) in [5, 5.41) is 0. The number of nitrogens with two attached hydrogens (primary N) is 1. The molecular formula is C14H27NO. The summed E-state index contributed by atoms with van der Waals surface area (Å²) in [5.74, 6) is 0. The Bertz CT molecular complexity index is 219. The molecule has 2 fully saturated rings. The van der Waals surface area contributed by atoms with Gasteiger partial charge in [0.1, 0.15) is 0 Å². The van der Waals surface area contributed by atoms with Crippen LogP contribution in [0.1, 0.15) is 65.2 Å². The standard InChI is InChI=1S/C14H27NO/c1-3-14(4-2)12(15)10-13(14)16-11-8-6-5-7-9-11/h11-13H,3-10,15H2,1-2H3. The molecule has 2 nitrogen and oxygen atoms in total. The van der Waals surface area contributed by atoms with Crippen molar-refractivity contribution in [1.82, 2.24) is 0 Å². The molecule has 0 amide bonds. The van der Waals surface area contributed by atoms with E-state index in [-0.39, 0.29) is 5.41 Å². The predicted molar refractivity (Wildman–Crippen MR) is 67.4 cm³/mol. The predicted octanol–water partition coefficient (Wildman–Crippen LogP) is 3.24. The number of hydrogen-bond donors (Lipinski definition) is 1. The first-order valence-electron chi connectivity index (χ1n) is 7.14. The van der Waals surface area contributed by atoms with Gasteiger partial charge in [-0.25, -0.2) is 0 Å². The van der Waals surface area contributed by atoms with Crippen LogP contribution >= 0.6 is 0 Å². The minimum atomic E-state index is 0.289. The molecule has 0 bridgehead atoms. The van der Waals surface area contributed by atoms with Crippen molar-refractivity contribution in [3.63, 3.8) is 0 Å². The van der Waals surface area contributed by atoms with Gasteiger partial charge < -0.3 is 10.5 Å². The van der Waals surface area contributed by atoms with Crippen LogP contribution in [0.2, 0.25) is 0 Å². The summed E-state index contributed by atoms with van der Waals surface area (Å²) >= 11 is 0. The third kappa shape index (κ3) is 2.02. The molecule has 2 rings (SSSR count). The quantitative estimate of drug-likeness (QED) is 0.797. The second-order valence-corrected chi connectivity index (χ2v) is 5.67. The summed E-state index contributed by atoms with van der Waals surface area (Å²) in [6, 6.07) is 0.371. The monoisotopic (exact) mass is 225 g/mol. The molecular weight excluding hydrogens is 198 g/mol. The maximum absolute atomic E-state index is 6.32. The summed E-state index contributed by atoms with van der Waals surface area (Å²) in [6.45, 7) is 4.53. The smallest absolute Gasteiger partial charge is 0.0664 e. The number of rotatable bonds is 4. The van der Waals surface area contributed by atoms with E-state index in [1.165, 1.54) is 44.9 Å². The summed E-state index contributed by atoms with van der Waals surface area (Å²) < 4.78 is 6.32. The molecule has 0 radical (unpaired) electrons. The van der Waals surface area contributed by atoms with Crippen LogP contribution in [-0.4, -0.2) is 18.2 Å². The van der Waals surface area contributed by atoms with Gasteiger partial charge in [-0.15, -0.1) is 0 Å². The molecule has 2 aliphatic carbocycles. The second-order valence-electron chi connectivity index (χ2n) is 5.67. The molecule has 94 valence electrons. The van der Waals surface area contributed by atoms with Gasteiger partial charge in [0, 0.05) is 11.5 Å². The molecule has 0 aromatic rings. The lowest BCUT2D eigenvalue weighted by Crippen LogP contribution is -2.62. The zero-order valence-electron chi connectivity index (χ0n) is 10.9. The summed E-state index contributed by atoms with van der Waals surface area (Å²) in [4.78, 5) is 0. The van der Waals surface area contributed by atoms with Crippen molar-refractivity contribution < 1.29 is 4.74 Å². The Morgan fingerprint density at radius 3 is 2.25 bits per heavy atom. The Morgan fingerprint density at radius 2 is 1.75 bits per heavy atom. The van der Waals surface area contributed by atoms with Gasteiger partial charge in [0.2, 0.25) is 0 Å². The van der Waals surface area contributed by atoms with Gasteiger partial charge in [-0.3, -0.25) is 0 Å². The molecule has 2 N–H and O–H groups in total. The Kier molecular flexibility index (Phi) is 3.91. The Hall–Kier alpha value is -0.0800. The Balaban J connectivity index is 1.89. The third-order valence-electron chi connectivity index (χ3n) is 5.07. The number of hydrogen-bond acceptors (Lipinski definition) is 2. The zero-order chi connectivity index (χ0) is 11.6. The fourth-order valence-corrected chi connectivity index (χ4v) is 3.63. The maximum Gasteiger partial charge on any atom is 0.0664 e. The number of ether oxygens (including phenoxy) is 1. The van der Waals surface area contributed by atoms with Gasteiger partial charge in [0.15, 0.2) is 0 Å². The third-order valence-corrected chi connectivity index (χ3v) is 5.07. The van der Waals surface area contributed by atoms with E-state index in [1.54, 1.807) is 0 Å². The molecule has 16 heavy (non-hydrogen) atoms. The van der Waals surface area contributed by atoms with Crippen LogP contribution < -0.4 is 5.73 Å². The van der Waals surface area contributed by atoms with E-state index in [4.69, 9.17) is 10.5 Å². The van der Waals surface area contributed by atoms with Crippen molar-refractivity contribution in [2.24, 2.45) is 11.1 Å². The van der Waals surface area contributed by atoms with Gasteiger partial charge in [-0.2, -0.15) is 0 Å². The van der Waals surface area contributed by atoms with Gasteiger partial charge in [0.05, 0.1) is 12.2 Å². The summed E-state index contributed by atoms with van der Waals surface area (Å²) in [6.07, 6.45) is 11.1.